The van der Waals surface area contributed by atoms with Crippen LogP contribution in [0.1, 0.15) is 0 Å². The largest absolute Gasteiger partial charge is 0.383 e. The van der Waals surface area contributed by atoms with Crippen LogP contribution in [0, 0.1) is 0 Å². The van der Waals surface area contributed by atoms with Crippen molar-refractivity contribution in [3.63, 3.8) is 0 Å². The summed E-state index contributed by atoms with van der Waals surface area (Å²) in [5.41, 5.74) is 1.77. The maximum atomic E-state index is 11.4. The molecule has 80 valence electrons. The van der Waals surface area contributed by atoms with Gasteiger partial charge < -0.3 is 15.0 Å². The van der Waals surface area contributed by atoms with Crippen LogP contribution in [-0.2, 0) is 9.53 Å². The fourth-order valence-electron chi connectivity index (χ4n) is 1.61. The summed E-state index contributed by atoms with van der Waals surface area (Å²) >= 11 is 0. The maximum Gasteiger partial charge on any atom is 0.243 e. The number of nitrogens with zero attached hydrogens (tertiary/aromatic N) is 2. The number of pyridine rings is 1. The van der Waals surface area contributed by atoms with Crippen LogP contribution in [-0.4, -0.2) is 37.7 Å². The lowest BCUT2D eigenvalue weighted by Crippen LogP contribution is -2.39. The first-order chi connectivity index (χ1) is 7.31. The molecule has 0 atom stereocenters. The summed E-state index contributed by atoms with van der Waals surface area (Å²) in [6, 6.07) is 1.89. The summed E-state index contributed by atoms with van der Waals surface area (Å²) < 4.78 is 5.01. The number of methoxy groups -OCH3 is 1. The van der Waals surface area contributed by atoms with E-state index in [1.165, 1.54) is 0 Å². The van der Waals surface area contributed by atoms with Crippen LogP contribution >= 0.6 is 0 Å². The highest BCUT2D eigenvalue weighted by molar-refractivity contribution is 6.00. The number of anilines is 2. The summed E-state index contributed by atoms with van der Waals surface area (Å²) in [7, 11) is 1.65. The van der Waals surface area contributed by atoms with Gasteiger partial charge in [0.1, 0.15) is 0 Å². The van der Waals surface area contributed by atoms with Gasteiger partial charge in [0.05, 0.1) is 30.7 Å². The molecule has 1 aromatic heterocycles. The van der Waals surface area contributed by atoms with Crippen LogP contribution in [0.4, 0.5) is 11.4 Å². The minimum atomic E-state index is -0.00777. The number of nitrogens with one attached hydrogen (secondary N) is 1. The van der Waals surface area contributed by atoms with Gasteiger partial charge in [-0.3, -0.25) is 9.78 Å². The van der Waals surface area contributed by atoms with Crippen molar-refractivity contribution in [3.05, 3.63) is 18.5 Å². The smallest absolute Gasteiger partial charge is 0.243 e. The molecule has 2 rings (SSSR count). The molecule has 0 fully saturated rings. The van der Waals surface area contributed by atoms with Gasteiger partial charge in [0.2, 0.25) is 5.91 Å². The SMILES string of the molecule is COCCN1CC(=O)Nc2cnccc21. The van der Waals surface area contributed by atoms with Gasteiger partial charge in [0.25, 0.3) is 0 Å². The molecule has 0 radical (unpaired) electrons. The van der Waals surface area contributed by atoms with Gasteiger partial charge >= 0.3 is 0 Å². The zero-order valence-electron chi connectivity index (χ0n) is 8.56. The number of hydrogen-bond acceptors (Lipinski definition) is 4. The maximum absolute atomic E-state index is 11.4. The Balaban J connectivity index is 2.22. The molecule has 5 heteroatoms. The van der Waals surface area contributed by atoms with E-state index in [0.29, 0.717) is 19.7 Å². The van der Waals surface area contributed by atoms with E-state index < -0.39 is 0 Å². The van der Waals surface area contributed by atoms with Gasteiger partial charge in [0, 0.05) is 19.9 Å². The number of fused-ring (bicyclic) bond motifs is 1. The van der Waals surface area contributed by atoms with Gasteiger partial charge in [0.15, 0.2) is 0 Å². The topological polar surface area (TPSA) is 54.5 Å². The molecule has 0 aliphatic carbocycles. The average Bonchev–Trinajstić information content (AvgIpc) is 2.25. The highest BCUT2D eigenvalue weighted by Gasteiger charge is 2.20. The Kier molecular flexibility index (Phi) is 2.82. The van der Waals surface area contributed by atoms with Gasteiger partial charge in [-0.15, -0.1) is 0 Å². The second kappa shape index (κ2) is 4.27. The lowest BCUT2D eigenvalue weighted by Gasteiger charge is -2.30. The summed E-state index contributed by atoms with van der Waals surface area (Å²) in [4.78, 5) is 17.3. The summed E-state index contributed by atoms with van der Waals surface area (Å²) in [6.45, 7) is 1.69. The quantitative estimate of drug-likeness (QED) is 0.783. The Bertz CT molecular complexity index is 367. The third kappa shape index (κ3) is 2.07. The molecule has 1 aromatic rings. The van der Waals surface area contributed by atoms with Crippen molar-refractivity contribution in [3.8, 4) is 0 Å². The molecular formula is C10H13N3O2. The van der Waals surface area contributed by atoms with Crippen molar-refractivity contribution in [2.45, 2.75) is 0 Å². The molecule has 1 aliphatic rings. The minimum absolute atomic E-state index is 0.00777. The second-order valence-electron chi connectivity index (χ2n) is 3.36. The predicted octanol–water partition coefficient (Wildman–Crippen LogP) is 0.486. The summed E-state index contributed by atoms with van der Waals surface area (Å²) in [6.07, 6.45) is 3.38. The fraction of sp³-hybridized carbons (Fsp3) is 0.400. The molecule has 1 amide bonds. The van der Waals surface area contributed by atoms with E-state index in [9.17, 15) is 4.79 Å². The Labute approximate surface area is 88.1 Å². The van der Waals surface area contributed by atoms with Crippen LogP contribution in [0.2, 0.25) is 0 Å². The van der Waals surface area contributed by atoms with E-state index in [1.54, 1.807) is 19.5 Å². The lowest BCUT2D eigenvalue weighted by atomic mass is 10.2. The number of carbonyl (C=O) groups is 1. The van der Waals surface area contributed by atoms with Crippen molar-refractivity contribution >= 4 is 17.3 Å². The van der Waals surface area contributed by atoms with Crippen molar-refractivity contribution < 1.29 is 9.53 Å². The molecule has 1 N–H and O–H groups in total. The molecule has 0 aromatic carbocycles. The first-order valence-electron chi connectivity index (χ1n) is 4.79. The zero-order valence-corrected chi connectivity index (χ0v) is 8.56. The van der Waals surface area contributed by atoms with Crippen LogP contribution < -0.4 is 10.2 Å². The Morgan fingerprint density at radius 2 is 2.53 bits per heavy atom. The molecule has 0 saturated heterocycles. The fourth-order valence-corrected chi connectivity index (χ4v) is 1.61. The standard InChI is InChI=1S/C10H13N3O2/c1-15-5-4-13-7-10(14)12-8-6-11-3-2-9(8)13/h2-3,6H,4-5,7H2,1H3,(H,12,14). The molecule has 1 aliphatic heterocycles. The van der Waals surface area contributed by atoms with Gasteiger partial charge in [-0.1, -0.05) is 0 Å². The van der Waals surface area contributed by atoms with E-state index in [2.05, 4.69) is 10.3 Å². The number of amides is 1. The van der Waals surface area contributed by atoms with Gasteiger partial charge in [-0.05, 0) is 6.07 Å². The van der Waals surface area contributed by atoms with Gasteiger partial charge in [-0.2, -0.15) is 0 Å². The molecule has 0 bridgehead atoms. The molecular weight excluding hydrogens is 194 g/mol. The van der Waals surface area contributed by atoms with E-state index in [0.717, 1.165) is 11.4 Å². The van der Waals surface area contributed by atoms with Crippen LogP contribution in [0.15, 0.2) is 18.5 Å². The first-order valence-corrected chi connectivity index (χ1v) is 4.79. The minimum Gasteiger partial charge on any atom is -0.383 e. The molecule has 0 unspecified atom stereocenters. The molecule has 2 heterocycles. The van der Waals surface area contributed by atoms with Crippen LogP contribution in [0.25, 0.3) is 0 Å². The van der Waals surface area contributed by atoms with Crippen LogP contribution in [0.3, 0.4) is 0 Å². The monoisotopic (exact) mass is 207 g/mol. The Hall–Kier alpha value is -1.62. The highest BCUT2D eigenvalue weighted by atomic mass is 16.5. The number of aromatic nitrogens is 1. The number of rotatable bonds is 3. The van der Waals surface area contributed by atoms with Crippen molar-refractivity contribution in [1.82, 2.24) is 4.98 Å². The summed E-state index contributed by atoms with van der Waals surface area (Å²) in [5, 5.41) is 2.78. The van der Waals surface area contributed by atoms with Crippen molar-refractivity contribution in [1.29, 1.82) is 0 Å². The number of hydrogen-bond donors (Lipinski definition) is 1. The Morgan fingerprint density at radius 3 is 3.33 bits per heavy atom. The Morgan fingerprint density at radius 1 is 1.67 bits per heavy atom. The third-order valence-corrected chi connectivity index (χ3v) is 2.31. The third-order valence-electron chi connectivity index (χ3n) is 2.31. The lowest BCUT2D eigenvalue weighted by molar-refractivity contribution is -0.115. The second-order valence-corrected chi connectivity index (χ2v) is 3.36. The predicted molar refractivity (Wildman–Crippen MR) is 57.0 cm³/mol. The van der Waals surface area contributed by atoms with E-state index in [-0.39, 0.29) is 5.91 Å². The highest BCUT2D eigenvalue weighted by Crippen LogP contribution is 2.27. The van der Waals surface area contributed by atoms with E-state index in [1.807, 2.05) is 11.0 Å². The molecule has 5 nitrogen and oxygen atoms in total. The van der Waals surface area contributed by atoms with Crippen molar-refractivity contribution in [2.75, 3.05) is 37.0 Å². The number of ether oxygens (including phenoxy) is 1. The van der Waals surface area contributed by atoms with Crippen molar-refractivity contribution in [2.24, 2.45) is 0 Å². The molecule has 0 spiro atoms. The van der Waals surface area contributed by atoms with Gasteiger partial charge in [-0.25, -0.2) is 0 Å². The first kappa shape index (κ1) is 9.92. The van der Waals surface area contributed by atoms with E-state index in [4.69, 9.17) is 4.74 Å². The van der Waals surface area contributed by atoms with E-state index >= 15 is 0 Å². The average molecular weight is 207 g/mol. The zero-order chi connectivity index (χ0) is 10.7. The number of carbonyl (C=O) groups excluding carboxylic acids is 1. The molecule has 0 saturated carbocycles. The summed E-state index contributed by atoms with van der Waals surface area (Å²) in [5.74, 6) is -0.00777. The van der Waals surface area contributed by atoms with Crippen LogP contribution in [0.5, 0.6) is 0 Å². The molecule has 15 heavy (non-hydrogen) atoms. The normalized spacial score (nSPS) is 14.7.